The molecular formula is C10H17BrCaO. The molecule has 0 saturated heterocycles. The summed E-state index contributed by atoms with van der Waals surface area (Å²) in [6.07, 6.45) is 0. The molecule has 0 aliphatic rings. The molecule has 0 atom stereocenters. The molecule has 1 rings (SSSR count). The quantitative estimate of drug-likeness (QED) is 0.719. The maximum absolute atomic E-state index is 9.02. The van der Waals surface area contributed by atoms with E-state index in [2.05, 4.69) is 20.8 Å². The summed E-state index contributed by atoms with van der Waals surface area (Å²) in [5.41, 5.74) is 1.42. The molecule has 1 N–H and O–H groups in total. The van der Waals surface area contributed by atoms with Crippen LogP contribution in [-0.2, 0) is 5.41 Å². The van der Waals surface area contributed by atoms with E-state index in [-0.39, 0.29) is 60.1 Å². The van der Waals surface area contributed by atoms with Gasteiger partial charge in [0.1, 0.15) is 5.75 Å². The van der Waals surface area contributed by atoms with E-state index in [1.165, 1.54) is 5.56 Å². The van der Waals surface area contributed by atoms with Gasteiger partial charge in [0.15, 0.2) is 0 Å². The zero-order valence-corrected chi connectivity index (χ0v) is 9.38. The number of aromatic hydroxyl groups is 1. The summed E-state index contributed by atoms with van der Waals surface area (Å²) < 4.78 is 0. The van der Waals surface area contributed by atoms with Gasteiger partial charge < -0.3 is 5.11 Å². The van der Waals surface area contributed by atoms with Crippen molar-refractivity contribution in [3.05, 3.63) is 29.8 Å². The zero-order valence-electron chi connectivity index (χ0n) is 7.66. The van der Waals surface area contributed by atoms with Gasteiger partial charge in [-0.25, -0.2) is 0 Å². The van der Waals surface area contributed by atoms with Crippen LogP contribution in [0.15, 0.2) is 24.3 Å². The predicted octanol–water partition coefficient (Wildman–Crippen LogP) is 2.35. The van der Waals surface area contributed by atoms with Gasteiger partial charge in [0, 0.05) is 0 Å². The monoisotopic (exact) mass is 272 g/mol. The first-order chi connectivity index (χ1) is 5.00. The number of halogens is 1. The van der Waals surface area contributed by atoms with Crippen molar-refractivity contribution in [3.8, 4) is 5.75 Å². The van der Waals surface area contributed by atoms with Crippen LogP contribution in [0, 0.1) is 0 Å². The van der Waals surface area contributed by atoms with Gasteiger partial charge in [-0.05, 0) is 23.1 Å². The van der Waals surface area contributed by atoms with Gasteiger partial charge in [-0.1, -0.05) is 32.9 Å². The van der Waals surface area contributed by atoms with Crippen LogP contribution in [0.5, 0.6) is 5.75 Å². The van der Waals surface area contributed by atoms with Crippen molar-refractivity contribution >= 4 is 54.7 Å². The molecule has 0 fully saturated rings. The topological polar surface area (TPSA) is 20.2 Å². The summed E-state index contributed by atoms with van der Waals surface area (Å²) in [6, 6.07) is 7.35. The average molecular weight is 273 g/mol. The van der Waals surface area contributed by atoms with Gasteiger partial charge in [0.05, 0.1) is 0 Å². The molecule has 0 bridgehead atoms. The Morgan fingerprint density at radius 1 is 1.00 bits per heavy atom. The third-order valence-electron chi connectivity index (χ3n) is 1.73. The molecule has 0 radical (unpaired) electrons. The summed E-state index contributed by atoms with van der Waals surface area (Å²) >= 11 is 0. The van der Waals surface area contributed by atoms with Crippen LogP contribution in [0.1, 0.15) is 26.3 Å². The second-order valence-electron chi connectivity index (χ2n) is 3.80. The van der Waals surface area contributed by atoms with Gasteiger partial charge >= 0.3 is 37.7 Å². The average Bonchev–Trinajstić information content (AvgIpc) is 1.86. The molecule has 1 nitrogen and oxygen atoms in total. The van der Waals surface area contributed by atoms with E-state index in [0.717, 1.165) is 0 Å². The van der Waals surface area contributed by atoms with Crippen LogP contribution in [0.25, 0.3) is 0 Å². The Labute approximate surface area is 120 Å². The van der Waals surface area contributed by atoms with Crippen molar-refractivity contribution in [2.24, 2.45) is 0 Å². The minimum atomic E-state index is 0. The van der Waals surface area contributed by atoms with E-state index in [9.17, 15) is 0 Å². The van der Waals surface area contributed by atoms with Crippen LogP contribution in [-0.4, -0.2) is 42.8 Å². The maximum atomic E-state index is 9.02. The number of phenolic OH excluding ortho intramolecular Hbond substituents is 1. The van der Waals surface area contributed by atoms with Gasteiger partial charge in [0.2, 0.25) is 0 Å². The van der Waals surface area contributed by atoms with E-state index in [4.69, 9.17) is 5.11 Å². The molecule has 72 valence electrons. The van der Waals surface area contributed by atoms with E-state index in [0.29, 0.717) is 5.75 Å². The first-order valence-electron chi connectivity index (χ1n) is 3.79. The molecule has 0 unspecified atom stereocenters. The molecular weight excluding hydrogens is 256 g/mol. The normalized spacial score (nSPS) is 9.77. The molecule has 0 spiro atoms. The molecule has 0 aliphatic carbocycles. The van der Waals surface area contributed by atoms with Crippen molar-refractivity contribution in [2.45, 2.75) is 26.2 Å². The summed E-state index contributed by atoms with van der Waals surface area (Å²) in [6.45, 7) is 6.46. The molecule has 0 heterocycles. The van der Waals surface area contributed by atoms with Crippen LogP contribution in [0.4, 0.5) is 0 Å². The molecule has 0 saturated carbocycles. The molecule has 1 aromatic carbocycles. The zero-order chi connectivity index (χ0) is 8.48. The number of hydrogen-bond acceptors (Lipinski definition) is 1. The fraction of sp³-hybridized carbons (Fsp3) is 0.400. The molecule has 0 amide bonds. The van der Waals surface area contributed by atoms with Crippen molar-refractivity contribution < 1.29 is 5.11 Å². The Kier molecular flexibility index (Phi) is 7.83. The molecule has 3 heteroatoms. The van der Waals surface area contributed by atoms with Gasteiger partial charge in [-0.3, -0.25) is 0 Å². The Morgan fingerprint density at radius 2 is 1.38 bits per heavy atom. The summed E-state index contributed by atoms with van der Waals surface area (Å²) in [5.74, 6) is 0.331. The number of benzene rings is 1. The Hall–Kier alpha value is 0.760. The first kappa shape index (κ1) is 16.2. The summed E-state index contributed by atoms with van der Waals surface area (Å²) in [4.78, 5) is 0. The van der Waals surface area contributed by atoms with Crippen LogP contribution < -0.4 is 0 Å². The summed E-state index contributed by atoms with van der Waals surface area (Å²) in [5, 5.41) is 9.02. The Balaban J connectivity index is 0. The predicted molar refractivity (Wildman–Crippen MR) is 65.7 cm³/mol. The van der Waals surface area contributed by atoms with Crippen molar-refractivity contribution in [1.29, 1.82) is 0 Å². The van der Waals surface area contributed by atoms with E-state index >= 15 is 0 Å². The van der Waals surface area contributed by atoms with Gasteiger partial charge in [0.25, 0.3) is 0 Å². The Bertz CT molecular complexity index is 238. The second-order valence-corrected chi connectivity index (χ2v) is 3.80. The number of hydrogen-bond donors (Lipinski definition) is 1. The minimum absolute atomic E-state index is 0. The molecule has 1 aromatic rings. The third-order valence-corrected chi connectivity index (χ3v) is 1.73. The van der Waals surface area contributed by atoms with Gasteiger partial charge in [-0.2, -0.15) is 0 Å². The molecule has 13 heavy (non-hydrogen) atoms. The first-order valence-corrected chi connectivity index (χ1v) is 3.79. The SMILES string of the molecule is Br.CC(C)(C)c1ccc(O)cc1.[CaH2]. The third kappa shape index (κ3) is 5.26. The molecule has 0 aromatic heterocycles. The number of phenols is 1. The standard InChI is InChI=1S/C10H14O.BrH.Ca.2H/c1-10(2,3)8-4-6-9(11)7-5-8;;;;/h4-7,11H,1-3H3;1H;;;. The van der Waals surface area contributed by atoms with Crippen molar-refractivity contribution in [2.75, 3.05) is 0 Å². The van der Waals surface area contributed by atoms with Crippen LogP contribution >= 0.6 is 17.0 Å². The van der Waals surface area contributed by atoms with E-state index < -0.39 is 0 Å². The number of rotatable bonds is 0. The van der Waals surface area contributed by atoms with Crippen molar-refractivity contribution in [1.82, 2.24) is 0 Å². The summed E-state index contributed by atoms with van der Waals surface area (Å²) in [7, 11) is 0. The second kappa shape index (κ2) is 6.28. The van der Waals surface area contributed by atoms with Crippen LogP contribution in [0.3, 0.4) is 0 Å². The fourth-order valence-electron chi connectivity index (χ4n) is 0.961. The van der Waals surface area contributed by atoms with Gasteiger partial charge in [-0.15, -0.1) is 17.0 Å². The fourth-order valence-corrected chi connectivity index (χ4v) is 0.961. The van der Waals surface area contributed by atoms with E-state index in [1.807, 2.05) is 12.1 Å². The van der Waals surface area contributed by atoms with E-state index in [1.54, 1.807) is 12.1 Å². The Morgan fingerprint density at radius 3 is 1.69 bits per heavy atom. The van der Waals surface area contributed by atoms with Crippen molar-refractivity contribution in [3.63, 3.8) is 0 Å². The van der Waals surface area contributed by atoms with Crippen LogP contribution in [0.2, 0.25) is 0 Å². The molecule has 0 aliphatic heterocycles.